The number of nitrogens with one attached hydrogen (secondary N) is 1. The number of rotatable bonds is 3. The summed E-state index contributed by atoms with van der Waals surface area (Å²) in [4.78, 5) is 0. The van der Waals surface area contributed by atoms with Crippen molar-refractivity contribution in [2.24, 2.45) is 5.92 Å². The molecule has 2 fully saturated rings. The van der Waals surface area contributed by atoms with Gasteiger partial charge in [0, 0.05) is 19.2 Å². The van der Waals surface area contributed by atoms with Crippen LogP contribution in [0.4, 0.5) is 0 Å². The molecule has 3 atom stereocenters. The summed E-state index contributed by atoms with van der Waals surface area (Å²) in [5.74, 6) is 0.671. The van der Waals surface area contributed by atoms with E-state index in [0.29, 0.717) is 18.6 Å². The molecule has 0 aromatic rings. The summed E-state index contributed by atoms with van der Waals surface area (Å²) in [6.45, 7) is 4.25. The van der Waals surface area contributed by atoms with Crippen LogP contribution in [0, 0.1) is 5.92 Å². The van der Waals surface area contributed by atoms with Crippen molar-refractivity contribution in [2.45, 2.75) is 17.8 Å². The van der Waals surface area contributed by atoms with Crippen molar-refractivity contribution in [1.29, 1.82) is 0 Å². The second kappa shape index (κ2) is 4.60. The molecule has 0 aliphatic carbocycles. The zero-order valence-electron chi connectivity index (χ0n) is 7.67. The fourth-order valence-electron chi connectivity index (χ4n) is 1.78. The van der Waals surface area contributed by atoms with E-state index < -0.39 is 0 Å². The van der Waals surface area contributed by atoms with Crippen molar-refractivity contribution < 1.29 is 9.47 Å². The minimum absolute atomic E-state index is 0.141. The third-order valence-electron chi connectivity index (χ3n) is 2.70. The molecule has 0 bridgehead atoms. The fraction of sp³-hybridized carbons (Fsp3) is 1.00. The maximum absolute atomic E-state index is 6.04. The highest BCUT2D eigenvalue weighted by Gasteiger charge is 2.27. The van der Waals surface area contributed by atoms with Gasteiger partial charge in [0.15, 0.2) is 0 Å². The Balaban J connectivity index is 1.66. The summed E-state index contributed by atoms with van der Waals surface area (Å²) in [5.41, 5.74) is 0. The van der Waals surface area contributed by atoms with Gasteiger partial charge in [-0.2, -0.15) is 0 Å². The van der Waals surface area contributed by atoms with Gasteiger partial charge < -0.3 is 14.8 Å². The Hall–Kier alpha value is 0.170. The van der Waals surface area contributed by atoms with Crippen molar-refractivity contribution in [3.8, 4) is 0 Å². The van der Waals surface area contributed by atoms with Gasteiger partial charge in [-0.05, 0) is 12.3 Å². The summed E-state index contributed by atoms with van der Waals surface area (Å²) in [6.07, 6.45) is 1.17. The summed E-state index contributed by atoms with van der Waals surface area (Å²) < 4.78 is 10.6. The van der Waals surface area contributed by atoms with Crippen LogP contribution in [0.25, 0.3) is 0 Å². The highest BCUT2D eigenvalue weighted by Crippen LogP contribution is 2.15. The van der Waals surface area contributed by atoms with Crippen molar-refractivity contribution in [2.75, 3.05) is 33.0 Å². The predicted molar refractivity (Wildman–Crippen MR) is 51.2 cm³/mol. The first-order valence-corrected chi connectivity index (χ1v) is 5.33. The number of hydrogen-bond donors (Lipinski definition) is 1. The highest BCUT2D eigenvalue weighted by atomic mass is 35.5. The van der Waals surface area contributed by atoms with Crippen LogP contribution in [0.1, 0.15) is 6.42 Å². The SMILES string of the molecule is ClC1COCC1NCC1CCOC1. The van der Waals surface area contributed by atoms with E-state index in [-0.39, 0.29) is 5.38 Å². The smallest absolute Gasteiger partial charge is 0.0745 e. The molecule has 0 saturated carbocycles. The third-order valence-corrected chi connectivity index (χ3v) is 3.13. The summed E-state index contributed by atoms with van der Waals surface area (Å²) in [7, 11) is 0. The second-order valence-electron chi connectivity index (χ2n) is 3.80. The molecule has 0 amide bonds. The van der Waals surface area contributed by atoms with Gasteiger partial charge in [-0.3, -0.25) is 0 Å². The molecule has 1 N–H and O–H groups in total. The molecule has 2 aliphatic heterocycles. The Kier molecular flexibility index (Phi) is 3.44. The van der Waals surface area contributed by atoms with Crippen LogP contribution in [0.15, 0.2) is 0 Å². The zero-order valence-corrected chi connectivity index (χ0v) is 8.43. The van der Waals surface area contributed by atoms with E-state index in [1.165, 1.54) is 6.42 Å². The van der Waals surface area contributed by atoms with Gasteiger partial charge in [-0.25, -0.2) is 0 Å². The standard InChI is InChI=1S/C9H16ClNO2/c10-8-5-13-6-9(8)11-3-7-1-2-12-4-7/h7-9,11H,1-6H2. The van der Waals surface area contributed by atoms with Gasteiger partial charge in [0.25, 0.3) is 0 Å². The first kappa shape index (κ1) is 9.71. The molecule has 2 rings (SSSR count). The molecule has 2 aliphatic rings. The predicted octanol–water partition coefficient (Wildman–Crippen LogP) is 0.619. The molecule has 0 aromatic heterocycles. The van der Waals surface area contributed by atoms with Gasteiger partial charge in [-0.15, -0.1) is 11.6 Å². The molecule has 76 valence electrons. The average Bonchev–Trinajstić information content (AvgIpc) is 2.72. The summed E-state index contributed by atoms with van der Waals surface area (Å²) in [6, 6.07) is 0.335. The second-order valence-corrected chi connectivity index (χ2v) is 4.36. The topological polar surface area (TPSA) is 30.5 Å². The molecule has 3 unspecified atom stereocenters. The summed E-state index contributed by atoms with van der Waals surface area (Å²) in [5, 5.41) is 3.58. The van der Waals surface area contributed by atoms with Gasteiger partial charge >= 0.3 is 0 Å². The third kappa shape index (κ3) is 2.56. The number of ether oxygens (including phenoxy) is 2. The van der Waals surface area contributed by atoms with Crippen molar-refractivity contribution >= 4 is 11.6 Å². The molecule has 0 spiro atoms. The zero-order chi connectivity index (χ0) is 9.10. The van der Waals surface area contributed by atoms with E-state index in [2.05, 4.69) is 5.32 Å². The molecular formula is C9H16ClNO2. The molecule has 0 radical (unpaired) electrons. The van der Waals surface area contributed by atoms with E-state index in [1.807, 2.05) is 0 Å². The molecule has 2 heterocycles. The first-order chi connectivity index (χ1) is 6.36. The van der Waals surface area contributed by atoms with Crippen LogP contribution in [0.3, 0.4) is 0 Å². The van der Waals surface area contributed by atoms with Gasteiger partial charge in [-0.1, -0.05) is 0 Å². The average molecular weight is 206 g/mol. The van der Waals surface area contributed by atoms with Crippen LogP contribution in [-0.2, 0) is 9.47 Å². The van der Waals surface area contributed by atoms with Crippen LogP contribution < -0.4 is 5.32 Å². The largest absolute Gasteiger partial charge is 0.381 e. The Morgan fingerprint density at radius 2 is 2.15 bits per heavy atom. The van der Waals surface area contributed by atoms with E-state index in [9.17, 15) is 0 Å². The molecule has 13 heavy (non-hydrogen) atoms. The van der Waals surface area contributed by atoms with E-state index in [1.54, 1.807) is 0 Å². The van der Waals surface area contributed by atoms with Gasteiger partial charge in [0.1, 0.15) is 0 Å². The number of halogens is 1. The maximum atomic E-state index is 6.04. The Labute approximate surface area is 83.7 Å². The van der Waals surface area contributed by atoms with Crippen LogP contribution in [0.2, 0.25) is 0 Å². The fourth-order valence-corrected chi connectivity index (χ4v) is 2.03. The molecule has 0 aromatic carbocycles. The lowest BCUT2D eigenvalue weighted by Crippen LogP contribution is -2.39. The number of alkyl halides is 1. The molecule has 4 heteroatoms. The molecular weight excluding hydrogens is 190 g/mol. The van der Waals surface area contributed by atoms with Crippen molar-refractivity contribution in [1.82, 2.24) is 5.32 Å². The van der Waals surface area contributed by atoms with Crippen molar-refractivity contribution in [3.05, 3.63) is 0 Å². The Morgan fingerprint density at radius 1 is 1.23 bits per heavy atom. The Morgan fingerprint density at radius 3 is 2.77 bits per heavy atom. The number of hydrogen-bond acceptors (Lipinski definition) is 3. The van der Waals surface area contributed by atoms with Gasteiger partial charge in [0.2, 0.25) is 0 Å². The lowest BCUT2D eigenvalue weighted by atomic mass is 10.1. The molecule has 3 nitrogen and oxygen atoms in total. The van der Waals surface area contributed by atoms with Crippen LogP contribution in [0.5, 0.6) is 0 Å². The van der Waals surface area contributed by atoms with E-state index in [4.69, 9.17) is 21.1 Å². The minimum atomic E-state index is 0.141. The quantitative estimate of drug-likeness (QED) is 0.686. The maximum Gasteiger partial charge on any atom is 0.0745 e. The lowest BCUT2D eigenvalue weighted by Gasteiger charge is -2.16. The summed E-state index contributed by atoms with van der Waals surface area (Å²) >= 11 is 6.04. The first-order valence-electron chi connectivity index (χ1n) is 4.89. The molecule has 2 saturated heterocycles. The van der Waals surface area contributed by atoms with E-state index in [0.717, 1.165) is 26.4 Å². The Bertz CT molecular complexity index is 162. The normalized spacial score (nSPS) is 39.9. The van der Waals surface area contributed by atoms with Crippen LogP contribution >= 0.6 is 11.6 Å². The van der Waals surface area contributed by atoms with Crippen molar-refractivity contribution in [3.63, 3.8) is 0 Å². The van der Waals surface area contributed by atoms with E-state index >= 15 is 0 Å². The van der Waals surface area contributed by atoms with Gasteiger partial charge in [0.05, 0.1) is 25.2 Å². The lowest BCUT2D eigenvalue weighted by molar-refractivity contribution is 0.179. The minimum Gasteiger partial charge on any atom is -0.381 e. The monoisotopic (exact) mass is 205 g/mol. The highest BCUT2D eigenvalue weighted by molar-refractivity contribution is 6.21. The van der Waals surface area contributed by atoms with Crippen LogP contribution in [-0.4, -0.2) is 44.4 Å².